The number of nitrogens with zero attached hydrogens (tertiary/aromatic N) is 2. The summed E-state index contributed by atoms with van der Waals surface area (Å²) < 4.78 is 31.8. The Labute approximate surface area is 219 Å². The molecule has 0 aliphatic heterocycles. The minimum atomic E-state index is -3.84. The maximum absolute atomic E-state index is 13.7. The number of carbonyl (C=O) groups excluding carboxylic acids is 2. The minimum Gasteiger partial charge on any atom is -0.497 e. The van der Waals surface area contributed by atoms with Crippen molar-refractivity contribution in [2.24, 2.45) is 0 Å². The number of amides is 2. The number of anilines is 1. The molecule has 0 saturated heterocycles. The van der Waals surface area contributed by atoms with Gasteiger partial charge in [0.05, 0.1) is 19.1 Å². The van der Waals surface area contributed by atoms with Crippen molar-refractivity contribution in [1.82, 2.24) is 10.2 Å². The second kappa shape index (κ2) is 12.0. The summed E-state index contributed by atoms with van der Waals surface area (Å²) in [5.41, 5.74) is 1.12. The van der Waals surface area contributed by atoms with E-state index in [9.17, 15) is 18.0 Å². The van der Waals surface area contributed by atoms with E-state index in [0.717, 1.165) is 16.1 Å². The quantitative estimate of drug-likeness (QED) is 0.491. The molecule has 8 nitrogen and oxygen atoms in total. The molecule has 2 aromatic carbocycles. The lowest BCUT2D eigenvalue weighted by Crippen LogP contribution is -2.55. The Morgan fingerprint density at radius 2 is 1.72 bits per heavy atom. The third-order valence-electron chi connectivity index (χ3n) is 5.58. The van der Waals surface area contributed by atoms with Gasteiger partial charge in [-0.25, -0.2) is 8.42 Å². The Bertz CT molecular complexity index is 1180. The third-order valence-corrected chi connectivity index (χ3v) is 7.12. The van der Waals surface area contributed by atoms with E-state index in [-0.39, 0.29) is 12.5 Å². The largest absolute Gasteiger partial charge is 0.497 e. The Balaban J connectivity index is 2.50. The fourth-order valence-electron chi connectivity index (χ4n) is 3.76. The van der Waals surface area contributed by atoms with Crippen LogP contribution in [0.2, 0.25) is 5.02 Å². The van der Waals surface area contributed by atoms with E-state index in [2.05, 4.69) is 5.32 Å². The van der Waals surface area contributed by atoms with Gasteiger partial charge in [0.25, 0.3) is 0 Å². The van der Waals surface area contributed by atoms with Crippen molar-refractivity contribution >= 4 is 39.1 Å². The maximum Gasteiger partial charge on any atom is 0.244 e. The van der Waals surface area contributed by atoms with Gasteiger partial charge >= 0.3 is 0 Å². The van der Waals surface area contributed by atoms with E-state index < -0.39 is 34.1 Å². The first-order valence-corrected chi connectivity index (χ1v) is 13.9. The van der Waals surface area contributed by atoms with Gasteiger partial charge in [-0.05, 0) is 69.5 Å². The highest BCUT2D eigenvalue weighted by molar-refractivity contribution is 7.92. The van der Waals surface area contributed by atoms with Crippen molar-refractivity contribution in [2.45, 2.75) is 59.2 Å². The topological polar surface area (TPSA) is 96.0 Å². The van der Waals surface area contributed by atoms with Crippen LogP contribution in [0.4, 0.5) is 5.69 Å². The summed E-state index contributed by atoms with van der Waals surface area (Å²) in [7, 11) is -2.28. The van der Waals surface area contributed by atoms with Gasteiger partial charge in [0.15, 0.2) is 0 Å². The lowest BCUT2D eigenvalue weighted by Gasteiger charge is -2.34. The number of ether oxygens (including phenoxy) is 1. The number of benzene rings is 2. The van der Waals surface area contributed by atoms with E-state index in [1.165, 1.54) is 4.90 Å². The molecule has 2 aromatic rings. The molecular formula is C26H36ClN3O5S. The van der Waals surface area contributed by atoms with E-state index in [1.807, 2.05) is 39.8 Å². The summed E-state index contributed by atoms with van der Waals surface area (Å²) in [4.78, 5) is 28.4. The molecule has 10 heteroatoms. The summed E-state index contributed by atoms with van der Waals surface area (Å²) in [5.74, 6) is -0.156. The molecule has 1 N–H and O–H groups in total. The van der Waals surface area contributed by atoms with Crippen molar-refractivity contribution in [2.75, 3.05) is 24.2 Å². The highest BCUT2D eigenvalue weighted by atomic mass is 35.5. The molecular weight excluding hydrogens is 502 g/mol. The molecule has 0 aliphatic rings. The SMILES string of the molecule is CC[C@H](C(=O)NC(C)(C)C)N(Cc1ccc(OC)cc1)C(=O)CN(c1cccc(Cl)c1C)S(C)(=O)=O. The van der Waals surface area contributed by atoms with Gasteiger partial charge < -0.3 is 15.0 Å². The van der Waals surface area contributed by atoms with Crippen LogP contribution in [0, 0.1) is 6.92 Å². The molecule has 36 heavy (non-hydrogen) atoms. The second-order valence-electron chi connectivity index (χ2n) is 9.69. The highest BCUT2D eigenvalue weighted by Crippen LogP contribution is 2.28. The lowest BCUT2D eigenvalue weighted by molar-refractivity contribution is -0.141. The van der Waals surface area contributed by atoms with Crippen LogP contribution < -0.4 is 14.4 Å². The number of carbonyl (C=O) groups is 2. The molecule has 0 bridgehead atoms. The number of sulfonamides is 1. The summed E-state index contributed by atoms with van der Waals surface area (Å²) >= 11 is 6.24. The van der Waals surface area contributed by atoms with Gasteiger partial charge in [-0.3, -0.25) is 13.9 Å². The fraction of sp³-hybridized carbons (Fsp3) is 0.462. The molecule has 1 atom stereocenters. The Kier molecular flexibility index (Phi) is 9.79. The van der Waals surface area contributed by atoms with Crippen LogP contribution in [0.25, 0.3) is 0 Å². The van der Waals surface area contributed by atoms with Crippen molar-refractivity contribution in [3.05, 3.63) is 58.6 Å². The van der Waals surface area contributed by atoms with E-state index in [4.69, 9.17) is 16.3 Å². The average molecular weight is 538 g/mol. The third kappa shape index (κ3) is 7.86. The number of hydrogen-bond donors (Lipinski definition) is 1. The van der Waals surface area contributed by atoms with Crippen LogP contribution in [0.5, 0.6) is 5.75 Å². The Hall–Kier alpha value is -2.78. The van der Waals surface area contributed by atoms with Crippen LogP contribution in [0.15, 0.2) is 42.5 Å². The molecule has 2 rings (SSSR count). The Morgan fingerprint density at radius 3 is 2.22 bits per heavy atom. The van der Waals surface area contributed by atoms with Gasteiger partial charge in [-0.15, -0.1) is 0 Å². The van der Waals surface area contributed by atoms with Crippen LogP contribution >= 0.6 is 11.6 Å². The first-order valence-electron chi connectivity index (χ1n) is 11.6. The molecule has 0 radical (unpaired) electrons. The summed E-state index contributed by atoms with van der Waals surface area (Å²) in [6.45, 7) is 8.74. The molecule has 2 amide bonds. The predicted molar refractivity (Wildman–Crippen MR) is 144 cm³/mol. The lowest BCUT2D eigenvalue weighted by atomic mass is 10.1. The van der Waals surface area contributed by atoms with Crippen molar-refractivity contribution in [3.8, 4) is 5.75 Å². The Morgan fingerprint density at radius 1 is 1.11 bits per heavy atom. The number of rotatable bonds is 10. The van der Waals surface area contributed by atoms with Gasteiger partial charge in [-0.1, -0.05) is 36.7 Å². The minimum absolute atomic E-state index is 0.116. The number of halogens is 1. The van der Waals surface area contributed by atoms with Crippen molar-refractivity contribution in [1.29, 1.82) is 0 Å². The normalized spacial score (nSPS) is 12.6. The highest BCUT2D eigenvalue weighted by Gasteiger charge is 2.33. The number of methoxy groups -OCH3 is 1. The van der Waals surface area contributed by atoms with Crippen molar-refractivity contribution < 1.29 is 22.7 Å². The van der Waals surface area contributed by atoms with Crippen molar-refractivity contribution in [3.63, 3.8) is 0 Å². The molecule has 0 fully saturated rings. The zero-order valence-corrected chi connectivity index (χ0v) is 23.5. The van der Waals surface area contributed by atoms with Crippen LogP contribution in [-0.2, 0) is 26.2 Å². The average Bonchev–Trinajstić information content (AvgIpc) is 2.77. The molecule has 0 saturated carbocycles. The first kappa shape index (κ1) is 29.5. The predicted octanol–water partition coefficient (Wildman–Crippen LogP) is 4.15. The molecule has 0 unspecified atom stereocenters. The van der Waals surface area contributed by atoms with Crippen LogP contribution in [0.1, 0.15) is 45.2 Å². The standard InChI is InChI=1S/C26H36ClN3O5S/c1-8-22(25(32)28-26(3,4)5)29(16-19-12-14-20(35-6)15-13-19)24(31)17-30(36(7,33)34)23-11-9-10-21(27)18(23)2/h9-15,22H,8,16-17H2,1-7H3,(H,28,32)/t22-/m1/s1. The van der Waals surface area contributed by atoms with Gasteiger partial charge in [0.2, 0.25) is 21.8 Å². The fourth-order valence-corrected chi connectivity index (χ4v) is 4.83. The molecule has 0 aliphatic carbocycles. The van der Waals surface area contributed by atoms with Gasteiger partial charge in [-0.2, -0.15) is 0 Å². The zero-order valence-electron chi connectivity index (χ0n) is 22.0. The molecule has 0 aromatic heterocycles. The molecule has 198 valence electrons. The maximum atomic E-state index is 13.7. The smallest absolute Gasteiger partial charge is 0.244 e. The van der Waals surface area contributed by atoms with Crippen LogP contribution in [-0.4, -0.2) is 56.6 Å². The van der Waals surface area contributed by atoms with E-state index >= 15 is 0 Å². The monoisotopic (exact) mass is 537 g/mol. The first-order chi connectivity index (χ1) is 16.7. The molecule has 0 spiro atoms. The van der Waals surface area contributed by atoms with E-state index in [0.29, 0.717) is 28.4 Å². The number of nitrogens with one attached hydrogen (secondary N) is 1. The summed E-state index contributed by atoms with van der Waals surface area (Å²) in [5, 5.41) is 3.33. The molecule has 0 heterocycles. The second-order valence-corrected chi connectivity index (χ2v) is 12.0. The van der Waals surface area contributed by atoms with Crippen LogP contribution in [0.3, 0.4) is 0 Å². The van der Waals surface area contributed by atoms with Gasteiger partial charge in [0.1, 0.15) is 18.3 Å². The summed E-state index contributed by atoms with van der Waals surface area (Å²) in [6, 6.07) is 11.2. The van der Waals surface area contributed by atoms with Gasteiger partial charge in [0, 0.05) is 17.1 Å². The zero-order chi connectivity index (χ0) is 27.3. The number of hydrogen-bond acceptors (Lipinski definition) is 5. The van der Waals surface area contributed by atoms with E-state index in [1.54, 1.807) is 44.4 Å². The summed E-state index contributed by atoms with van der Waals surface area (Å²) in [6.07, 6.45) is 1.39.